The van der Waals surface area contributed by atoms with Crippen LogP contribution >= 0.6 is 0 Å². The summed E-state index contributed by atoms with van der Waals surface area (Å²) >= 11 is 0. The molecule has 0 aliphatic carbocycles. The van der Waals surface area contributed by atoms with Crippen molar-refractivity contribution in [2.75, 3.05) is 6.61 Å². The van der Waals surface area contributed by atoms with Crippen molar-refractivity contribution >= 4 is 17.7 Å². The van der Waals surface area contributed by atoms with Crippen molar-refractivity contribution in [1.82, 2.24) is 5.43 Å². The molecule has 7 heteroatoms. The Morgan fingerprint density at radius 2 is 2.21 bits per heavy atom. The Bertz CT molecular complexity index is 251. The average Bonchev–Trinajstić information content (AvgIpc) is 2.13. The number of rotatable bonds is 4. The predicted molar refractivity (Wildman–Crippen MR) is 48.5 cm³/mol. The summed E-state index contributed by atoms with van der Waals surface area (Å²) in [5.41, 5.74) is 6.61. The molecule has 1 unspecified atom stereocenters. The van der Waals surface area contributed by atoms with Crippen LogP contribution in [0.1, 0.15) is 13.8 Å². The number of urea groups is 1. The van der Waals surface area contributed by atoms with Crippen LogP contribution in [0.15, 0.2) is 5.10 Å². The third-order valence-electron chi connectivity index (χ3n) is 1.25. The number of ether oxygens (including phenoxy) is 1. The van der Waals surface area contributed by atoms with E-state index in [1.54, 1.807) is 6.92 Å². The molecule has 0 bridgehead atoms. The maximum absolute atomic E-state index is 10.9. The lowest BCUT2D eigenvalue weighted by molar-refractivity contribution is -0.149. The first-order chi connectivity index (χ1) is 6.49. The minimum absolute atomic E-state index is 0.00208. The van der Waals surface area contributed by atoms with Crippen LogP contribution in [0, 0.1) is 0 Å². The number of hydrazone groups is 1. The van der Waals surface area contributed by atoms with Crippen molar-refractivity contribution in [1.29, 1.82) is 0 Å². The summed E-state index contributed by atoms with van der Waals surface area (Å²) in [5, 5.41) is 12.6. The fourth-order valence-electron chi connectivity index (χ4n) is 0.596. The summed E-state index contributed by atoms with van der Waals surface area (Å²) in [5.74, 6) is -0.819. The molecule has 0 spiro atoms. The predicted octanol–water partition coefficient (Wildman–Crippen LogP) is -1.05. The molecule has 0 aliphatic rings. The van der Waals surface area contributed by atoms with Gasteiger partial charge in [0, 0.05) is 0 Å². The van der Waals surface area contributed by atoms with Crippen molar-refractivity contribution in [2.45, 2.75) is 20.0 Å². The summed E-state index contributed by atoms with van der Waals surface area (Å²) in [7, 11) is 0. The number of carbonyl (C=O) groups excluding carboxylic acids is 2. The van der Waals surface area contributed by atoms with Gasteiger partial charge in [0.15, 0.2) is 6.10 Å². The van der Waals surface area contributed by atoms with Crippen LogP contribution in [-0.4, -0.2) is 35.5 Å². The van der Waals surface area contributed by atoms with Crippen LogP contribution in [0.25, 0.3) is 0 Å². The Kier molecular flexibility index (Phi) is 5.23. The van der Waals surface area contributed by atoms with Crippen molar-refractivity contribution in [3.8, 4) is 0 Å². The van der Waals surface area contributed by atoms with Gasteiger partial charge in [0.25, 0.3) is 0 Å². The van der Waals surface area contributed by atoms with Crippen molar-refractivity contribution in [3.05, 3.63) is 0 Å². The minimum Gasteiger partial charge on any atom is -0.464 e. The van der Waals surface area contributed by atoms with Crippen LogP contribution in [0.5, 0.6) is 0 Å². The molecular weight excluding hydrogens is 190 g/mol. The Balaban J connectivity index is 4.22. The average molecular weight is 203 g/mol. The molecule has 0 saturated carbocycles. The second-order valence-electron chi connectivity index (χ2n) is 2.38. The largest absolute Gasteiger partial charge is 0.464 e. The van der Waals surface area contributed by atoms with Gasteiger partial charge in [-0.05, 0) is 13.8 Å². The van der Waals surface area contributed by atoms with E-state index in [1.807, 2.05) is 5.43 Å². The molecule has 1 atom stereocenters. The SMILES string of the molecule is CCOC(=O)C(O)/C(C)=N/NC(N)=O. The number of carbonyl (C=O) groups is 2. The normalized spacial score (nSPS) is 13.2. The molecule has 0 aliphatic heterocycles. The topological polar surface area (TPSA) is 114 Å². The fourth-order valence-corrected chi connectivity index (χ4v) is 0.596. The highest BCUT2D eigenvalue weighted by molar-refractivity contribution is 6.03. The van der Waals surface area contributed by atoms with Crippen LogP contribution in [0.3, 0.4) is 0 Å². The number of hydrogen-bond donors (Lipinski definition) is 3. The zero-order valence-corrected chi connectivity index (χ0v) is 7.98. The number of aliphatic hydroxyl groups is 1. The van der Waals surface area contributed by atoms with Crippen LogP contribution in [-0.2, 0) is 9.53 Å². The Hall–Kier alpha value is -1.63. The third-order valence-corrected chi connectivity index (χ3v) is 1.25. The highest BCUT2D eigenvalue weighted by Crippen LogP contribution is 1.92. The zero-order valence-electron chi connectivity index (χ0n) is 7.98. The van der Waals surface area contributed by atoms with E-state index in [0.29, 0.717) is 0 Å². The molecule has 0 heterocycles. The fraction of sp³-hybridized carbons (Fsp3) is 0.571. The lowest BCUT2D eigenvalue weighted by atomic mass is 10.2. The standard InChI is InChI=1S/C7H13N3O4/c1-3-14-6(12)5(11)4(2)9-10-7(8)13/h5,11H,3H2,1-2H3,(H3,8,10,13)/b9-4+. The van der Waals surface area contributed by atoms with Crippen molar-refractivity contribution < 1.29 is 19.4 Å². The molecule has 4 N–H and O–H groups in total. The number of nitrogens with zero attached hydrogens (tertiary/aromatic N) is 1. The van der Waals surface area contributed by atoms with Crippen LogP contribution in [0.2, 0.25) is 0 Å². The second-order valence-corrected chi connectivity index (χ2v) is 2.38. The summed E-state index contributed by atoms with van der Waals surface area (Å²) in [4.78, 5) is 21.2. The number of primary amides is 1. The second kappa shape index (κ2) is 5.92. The van der Waals surface area contributed by atoms with Gasteiger partial charge in [0.05, 0.1) is 12.3 Å². The molecule has 80 valence electrons. The van der Waals surface area contributed by atoms with Crippen molar-refractivity contribution in [2.24, 2.45) is 10.8 Å². The molecule has 0 aromatic heterocycles. The lowest BCUT2D eigenvalue weighted by Gasteiger charge is -2.08. The number of hydrogen-bond acceptors (Lipinski definition) is 5. The zero-order chi connectivity index (χ0) is 11.1. The van der Waals surface area contributed by atoms with E-state index in [1.165, 1.54) is 6.92 Å². The first kappa shape index (κ1) is 12.4. The van der Waals surface area contributed by atoms with E-state index in [9.17, 15) is 14.7 Å². The van der Waals surface area contributed by atoms with Gasteiger partial charge in [-0.1, -0.05) is 0 Å². The maximum Gasteiger partial charge on any atom is 0.340 e. The molecule has 14 heavy (non-hydrogen) atoms. The monoisotopic (exact) mass is 203 g/mol. The van der Waals surface area contributed by atoms with Gasteiger partial charge in [0.2, 0.25) is 0 Å². The van der Waals surface area contributed by atoms with E-state index in [2.05, 4.69) is 9.84 Å². The highest BCUT2D eigenvalue weighted by atomic mass is 16.5. The quantitative estimate of drug-likeness (QED) is 0.307. The first-order valence-electron chi connectivity index (χ1n) is 3.93. The number of nitrogens with two attached hydrogens (primary N) is 1. The van der Waals surface area contributed by atoms with Gasteiger partial charge in [-0.15, -0.1) is 0 Å². The highest BCUT2D eigenvalue weighted by Gasteiger charge is 2.19. The van der Waals surface area contributed by atoms with E-state index in [4.69, 9.17) is 5.73 Å². The molecule has 0 rings (SSSR count). The first-order valence-corrected chi connectivity index (χ1v) is 3.93. The van der Waals surface area contributed by atoms with E-state index >= 15 is 0 Å². The van der Waals surface area contributed by atoms with Gasteiger partial charge in [-0.2, -0.15) is 5.10 Å². The van der Waals surface area contributed by atoms with Crippen molar-refractivity contribution in [3.63, 3.8) is 0 Å². The number of amides is 2. The van der Waals surface area contributed by atoms with Gasteiger partial charge < -0.3 is 15.6 Å². The summed E-state index contributed by atoms with van der Waals surface area (Å²) < 4.78 is 4.52. The smallest absolute Gasteiger partial charge is 0.340 e. The number of aliphatic hydroxyl groups excluding tert-OH is 1. The van der Waals surface area contributed by atoms with Crippen LogP contribution < -0.4 is 11.2 Å². The molecule has 2 amide bonds. The van der Waals surface area contributed by atoms with Gasteiger partial charge in [0.1, 0.15) is 0 Å². The van der Waals surface area contributed by atoms with E-state index in [0.717, 1.165) is 0 Å². The number of esters is 1. The van der Waals surface area contributed by atoms with Gasteiger partial charge in [-0.25, -0.2) is 15.0 Å². The lowest BCUT2D eigenvalue weighted by Crippen LogP contribution is -2.33. The molecular formula is C7H13N3O4. The van der Waals surface area contributed by atoms with Crippen LogP contribution in [0.4, 0.5) is 4.79 Å². The third kappa shape index (κ3) is 4.41. The molecule has 0 saturated heterocycles. The Morgan fingerprint density at radius 3 is 2.64 bits per heavy atom. The molecule has 0 fully saturated rings. The summed E-state index contributed by atoms with van der Waals surface area (Å²) in [6.07, 6.45) is -1.48. The molecule has 0 aromatic rings. The van der Waals surface area contributed by atoms with E-state index in [-0.39, 0.29) is 12.3 Å². The van der Waals surface area contributed by atoms with E-state index < -0.39 is 18.1 Å². The number of nitrogens with one attached hydrogen (secondary N) is 1. The Morgan fingerprint density at radius 1 is 1.64 bits per heavy atom. The molecule has 7 nitrogen and oxygen atoms in total. The minimum atomic E-state index is -1.48. The molecule has 0 aromatic carbocycles. The summed E-state index contributed by atoms with van der Waals surface area (Å²) in [6, 6.07) is -0.875. The van der Waals surface area contributed by atoms with Gasteiger partial charge in [-0.3, -0.25) is 0 Å². The molecule has 0 radical (unpaired) electrons. The Labute approximate surface area is 80.9 Å². The van der Waals surface area contributed by atoms with Gasteiger partial charge >= 0.3 is 12.0 Å². The maximum atomic E-state index is 10.9. The summed E-state index contributed by atoms with van der Waals surface area (Å²) in [6.45, 7) is 3.13.